The number of amides is 1. The Morgan fingerprint density at radius 1 is 1.25 bits per heavy atom. The highest BCUT2D eigenvalue weighted by atomic mass is 16.3. The molecule has 1 atom stereocenters. The fourth-order valence-corrected chi connectivity index (χ4v) is 2.04. The molecular formula is C12H24N2O2. The lowest BCUT2D eigenvalue weighted by atomic mass is 10.2. The van der Waals surface area contributed by atoms with Crippen LogP contribution in [0.3, 0.4) is 0 Å². The van der Waals surface area contributed by atoms with Crippen LogP contribution in [0.15, 0.2) is 0 Å². The Kier molecular flexibility index (Phi) is 5.77. The number of carbonyl (C=O) groups is 1. The lowest BCUT2D eigenvalue weighted by molar-refractivity contribution is -0.141. The molecule has 1 rings (SSSR count). The Hall–Kier alpha value is -0.610. The summed E-state index contributed by atoms with van der Waals surface area (Å²) in [4.78, 5) is 15.7. The van der Waals surface area contributed by atoms with Gasteiger partial charge in [-0.1, -0.05) is 19.8 Å². The number of rotatable bonds is 5. The van der Waals surface area contributed by atoms with Crippen molar-refractivity contribution < 1.29 is 9.90 Å². The van der Waals surface area contributed by atoms with Gasteiger partial charge in [0.05, 0.1) is 0 Å². The Bertz CT molecular complexity index is 211. The molecule has 1 unspecified atom stereocenters. The number of unbranched alkanes of at least 4 members (excludes halogenated alkanes) is 2. The predicted molar refractivity (Wildman–Crippen MR) is 64.2 cm³/mol. The van der Waals surface area contributed by atoms with Crippen molar-refractivity contribution in [2.75, 3.05) is 32.7 Å². The van der Waals surface area contributed by atoms with Crippen molar-refractivity contribution in [1.82, 2.24) is 9.80 Å². The number of nitrogens with zero attached hydrogens (tertiary/aromatic N) is 2. The van der Waals surface area contributed by atoms with Crippen molar-refractivity contribution in [3.05, 3.63) is 0 Å². The van der Waals surface area contributed by atoms with Gasteiger partial charge in [0.1, 0.15) is 6.10 Å². The molecular weight excluding hydrogens is 204 g/mol. The molecule has 0 bridgehead atoms. The second-order valence-corrected chi connectivity index (χ2v) is 4.55. The molecule has 0 saturated carbocycles. The summed E-state index contributed by atoms with van der Waals surface area (Å²) in [6, 6.07) is 0. The van der Waals surface area contributed by atoms with E-state index in [1.807, 2.05) is 0 Å². The van der Waals surface area contributed by atoms with Gasteiger partial charge in [0.15, 0.2) is 0 Å². The van der Waals surface area contributed by atoms with E-state index in [0.717, 1.165) is 32.7 Å². The molecule has 1 aliphatic heterocycles. The second-order valence-electron chi connectivity index (χ2n) is 4.55. The average Bonchev–Trinajstić information content (AvgIpc) is 2.29. The molecule has 1 fully saturated rings. The molecule has 0 aliphatic carbocycles. The Labute approximate surface area is 98.2 Å². The van der Waals surface area contributed by atoms with Crippen LogP contribution in [0.5, 0.6) is 0 Å². The van der Waals surface area contributed by atoms with Crippen molar-refractivity contribution in [2.45, 2.75) is 39.2 Å². The van der Waals surface area contributed by atoms with E-state index in [0.29, 0.717) is 0 Å². The number of aliphatic hydroxyl groups excluding tert-OH is 1. The van der Waals surface area contributed by atoms with E-state index >= 15 is 0 Å². The van der Waals surface area contributed by atoms with E-state index in [4.69, 9.17) is 0 Å². The molecule has 0 spiro atoms. The number of aliphatic hydroxyl groups is 1. The Balaban J connectivity index is 2.20. The van der Waals surface area contributed by atoms with E-state index in [-0.39, 0.29) is 5.91 Å². The third kappa shape index (κ3) is 4.10. The van der Waals surface area contributed by atoms with Crippen LogP contribution in [0.4, 0.5) is 0 Å². The van der Waals surface area contributed by atoms with Gasteiger partial charge in [-0.2, -0.15) is 0 Å². The van der Waals surface area contributed by atoms with Gasteiger partial charge in [0, 0.05) is 26.2 Å². The maximum absolute atomic E-state index is 11.5. The SMILES string of the molecule is CCCCCN1CCN(C(=O)C(C)O)CC1. The van der Waals surface area contributed by atoms with Crippen LogP contribution in [-0.2, 0) is 4.79 Å². The minimum atomic E-state index is -0.855. The molecule has 4 heteroatoms. The highest BCUT2D eigenvalue weighted by Crippen LogP contribution is 2.06. The van der Waals surface area contributed by atoms with Crippen LogP contribution in [-0.4, -0.2) is 59.6 Å². The van der Waals surface area contributed by atoms with E-state index in [2.05, 4.69) is 11.8 Å². The van der Waals surface area contributed by atoms with Crippen molar-refractivity contribution in [1.29, 1.82) is 0 Å². The highest BCUT2D eigenvalue weighted by molar-refractivity contribution is 5.80. The van der Waals surface area contributed by atoms with Gasteiger partial charge in [-0.15, -0.1) is 0 Å². The van der Waals surface area contributed by atoms with Crippen molar-refractivity contribution in [3.63, 3.8) is 0 Å². The molecule has 1 N–H and O–H groups in total. The lowest BCUT2D eigenvalue weighted by Crippen LogP contribution is -2.51. The summed E-state index contributed by atoms with van der Waals surface area (Å²) in [6.45, 7) is 8.30. The standard InChI is InChI=1S/C12H24N2O2/c1-3-4-5-6-13-7-9-14(10-8-13)12(16)11(2)15/h11,15H,3-10H2,1-2H3. The summed E-state index contributed by atoms with van der Waals surface area (Å²) in [7, 11) is 0. The van der Waals surface area contributed by atoms with E-state index in [9.17, 15) is 9.90 Å². The van der Waals surface area contributed by atoms with Crippen molar-refractivity contribution >= 4 is 5.91 Å². The number of hydrogen-bond acceptors (Lipinski definition) is 3. The number of hydrogen-bond donors (Lipinski definition) is 1. The topological polar surface area (TPSA) is 43.8 Å². The Morgan fingerprint density at radius 3 is 2.38 bits per heavy atom. The van der Waals surface area contributed by atoms with E-state index < -0.39 is 6.10 Å². The zero-order valence-electron chi connectivity index (χ0n) is 10.5. The van der Waals surface area contributed by atoms with Gasteiger partial charge in [-0.05, 0) is 19.9 Å². The first-order valence-electron chi connectivity index (χ1n) is 6.34. The first kappa shape index (κ1) is 13.5. The van der Waals surface area contributed by atoms with Gasteiger partial charge >= 0.3 is 0 Å². The highest BCUT2D eigenvalue weighted by Gasteiger charge is 2.23. The van der Waals surface area contributed by atoms with Gasteiger partial charge in [-0.25, -0.2) is 0 Å². The van der Waals surface area contributed by atoms with Gasteiger partial charge in [0.25, 0.3) is 5.91 Å². The molecule has 4 nitrogen and oxygen atoms in total. The zero-order chi connectivity index (χ0) is 12.0. The van der Waals surface area contributed by atoms with Crippen LogP contribution in [0.25, 0.3) is 0 Å². The van der Waals surface area contributed by atoms with Crippen molar-refractivity contribution in [2.24, 2.45) is 0 Å². The van der Waals surface area contributed by atoms with Gasteiger partial charge in [-0.3, -0.25) is 9.69 Å². The molecule has 94 valence electrons. The van der Waals surface area contributed by atoms with Gasteiger partial charge < -0.3 is 10.0 Å². The molecule has 16 heavy (non-hydrogen) atoms. The summed E-state index contributed by atoms with van der Waals surface area (Å²) in [5.74, 6) is -0.131. The third-order valence-corrected chi connectivity index (χ3v) is 3.12. The first-order valence-corrected chi connectivity index (χ1v) is 6.34. The first-order chi connectivity index (χ1) is 7.65. The fraction of sp³-hybridized carbons (Fsp3) is 0.917. The smallest absolute Gasteiger partial charge is 0.251 e. The molecule has 1 heterocycles. The molecule has 0 radical (unpaired) electrons. The number of carbonyl (C=O) groups excluding carboxylic acids is 1. The Morgan fingerprint density at radius 2 is 1.88 bits per heavy atom. The van der Waals surface area contributed by atoms with Crippen LogP contribution in [0.2, 0.25) is 0 Å². The average molecular weight is 228 g/mol. The molecule has 1 amide bonds. The molecule has 1 aliphatic rings. The van der Waals surface area contributed by atoms with Crippen LogP contribution >= 0.6 is 0 Å². The molecule has 1 saturated heterocycles. The molecule has 0 aromatic heterocycles. The summed E-state index contributed by atoms with van der Waals surface area (Å²) in [5.41, 5.74) is 0. The van der Waals surface area contributed by atoms with Crippen molar-refractivity contribution in [3.8, 4) is 0 Å². The lowest BCUT2D eigenvalue weighted by Gasteiger charge is -2.35. The monoisotopic (exact) mass is 228 g/mol. The van der Waals surface area contributed by atoms with E-state index in [1.165, 1.54) is 26.2 Å². The maximum Gasteiger partial charge on any atom is 0.251 e. The van der Waals surface area contributed by atoms with E-state index in [1.54, 1.807) is 4.90 Å². The minimum Gasteiger partial charge on any atom is -0.384 e. The number of piperazine rings is 1. The zero-order valence-corrected chi connectivity index (χ0v) is 10.5. The molecule has 0 aromatic rings. The van der Waals surface area contributed by atoms with Crippen LogP contribution < -0.4 is 0 Å². The quantitative estimate of drug-likeness (QED) is 0.705. The largest absolute Gasteiger partial charge is 0.384 e. The van der Waals surface area contributed by atoms with Gasteiger partial charge in [0.2, 0.25) is 0 Å². The maximum atomic E-state index is 11.5. The molecule has 0 aromatic carbocycles. The second kappa shape index (κ2) is 6.86. The predicted octanol–water partition coefficient (Wildman–Crippen LogP) is 0.702. The van der Waals surface area contributed by atoms with Crippen LogP contribution in [0, 0.1) is 0 Å². The summed E-state index contributed by atoms with van der Waals surface area (Å²) >= 11 is 0. The summed E-state index contributed by atoms with van der Waals surface area (Å²) in [5, 5.41) is 9.21. The normalized spacial score (nSPS) is 19.8. The minimum absolute atomic E-state index is 0.131. The van der Waals surface area contributed by atoms with Crippen LogP contribution in [0.1, 0.15) is 33.1 Å². The fourth-order valence-electron chi connectivity index (χ4n) is 2.04. The summed E-state index contributed by atoms with van der Waals surface area (Å²) < 4.78 is 0. The summed E-state index contributed by atoms with van der Waals surface area (Å²) in [6.07, 6.45) is 2.93. The third-order valence-electron chi connectivity index (χ3n) is 3.12.